The Balaban J connectivity index is 1.47. The van der Waals surface area contributed by atoms with Gasteiger partial charge in [-0.3, -0.25) is 4.79 Å². The van der Waals surface area contributed by atoms with Crippen LogP contribution in [0.3, 0.4) is 0 Å². The van der Waals surface area contributed by atoms with Crippen LogP contribution in [-0.2, 0) is 30.8 Å². The van der Waals surface area contributed by atoms with Gasteiger partial charge in [-0.1, -0.05) is 54.6 Å². The molecular weight excluding hydrogens is 386 g/mol. The zero-order chi connectivity index (χ0) is 21.6. The SMILES string of the molecule is Cc1c(COc2ccc(CNCCC(=O)O)c3c2CCC3)cccc1-c1ccccc1. The summed E-state index contributed by atoms with van der Waals surface area (Å²) in [4.78, 5) is 10.7. The summed E-state index contributed by atoms with van der Waals surface area (Å²) in [7, 11) is 0. The fourth-order valence-corrected chi connectivity index (χ4v) is 4.39. The Morgan fingerprint density at radius 2 is 1.77 bits per heavy atom. The van der Waals surface area contributed by atoms with E-state index < -0.39 is 5.97 Å². The highest BCUT2D eigenvalue weighted by molar-refractivity contribution is 5.68. The maximum absolute atomic E-state index is 10.7. The summed E-state index contributed by atoms with van der Waals surface area (Å²) in [5, 5.41) is 12.0. The van der Waals surface area contributed by atoms with Crippen molar-refractivity contribution in [2.45, 2.75) is 45.8 Å². The van der Waals surface area contributed by atoms with Gasteiger partial charge in [-0.15, -0.1) is 0 Å². The third-order valence-electron chi connectivity index (χ3n) is 6.08. The summed E-state index contributed by atoms with van der Waals surface area (Å²) in [6, 6.07) is 21.1. The smallest absolute Gasteiger partial charge is 0.304 e. The molecule has 0 fully saturated rings. The highest BCUT2D eigenvalue weighted by Gasteiger charge is 2.19. The van der Waals surface area contributed by atoms with E-state index in [1.165, 1.54) is 38.9 Å². The Morgan fingerprint density at radius 1 is 0.968 bits per heavy atom. The summed E-state index contributed by atoms with van der Waals surface area (Å²) >= 11 is 0. The van der Waals surface area contributed by atoms with Gasteiger partial charge in [-0.25, -0.2) is 0 Å². The van der Waals surface area contributed by atoms with Crippen molar-refractivity contribution in [1.82, 2.24) is 5.32 Å². The van der Waals surface area contributed by atoms with Gasteiger partial charge in [0.1, 0.15) is 12.4 Å². The minimum Gasteiger partial charge on any atom is -0.489 e. The molecule has 1 aliphatic carbocycles. The number of hydrogen-bond acceptors (Lipinski definition) is 3. The Hall–Kier alpha value is -3.11. The average Bonchev–Trinajstić information content (AvgIpc) is 3.27. The van der Waals surface area contributed by atoms with Gasteiger partial charge in [0.25, 0.3) is 0 Å². The lowest BCUT2D eigenvalue weighted by Gasteiger charge is -2.16. The summed E-state index contributed by atoms with van der Waals surface area (Å²) < 4.78 is 6.32. The maximum atomic E-state index is 10.7. The summed E-state index contributed by atoms with van der Waals surface area (Å²) in [6.45, 7) is 3.90. The van der Waals surface area contributed by atoms with Crippen molar-refractivity contribution in [3.8, 4) is 16.9 Å². The number of rotatable bonds is 9. The predicted octanol–water partition coefficient (Wildman–Crippen LogP) is 5.29. The lowest BCUT2D eigenvalue weighted by molar-refractivity contribution is -0.136. The Bertz CT molecular complexity index is 1060. The number of hydrogen-bond donors (Lipinski definition) is 2. The van der Waals surface area contributed by atoms with Crippen LogP contribution in [0.5, 0.6) is 5.75 Å². The molecule has 4 heteroatoms. The highest BCUT2D eigenvalue weighted by atomic mass is 16.5. The van der Waals surface area contributed by atoms with Crippen molar-refractivity contribution in [3.63, 3.8) is 0 Å². The molecule has 0 spiro atoms. The lowest BCUT2D eigenvalue weighted by atomic mass is 9.97. The second-order valence-corrected chi connectivity index (χ2v) is 8.10. The van der Waals surface area contributed by atoms with E-state index in [0.29, 0.717) is 19.7 Å². The Labute approximate surface area is 183 Å². The molecule has 3 aromatic rings. The quantitative estimate of drug-likeness (QED) is 0.466. The number of carboxylic acids is 1. The van der Waals surface area contributed by atoms with E-state index in [-0.39, 0.29) is 6.42 Å². The lowest BCUT2D eigenvalue weighted by Crippen LogP contribution is -2.18. The third-order valence-corrected chi connectivity index (χ3v) is 6.08. The van der Waals surface area contributed by atoms with E-state index in [9.17, 15) is 4.79 Å². The normalized spacial score (nSPS) is 12.5. The molecule has 1 aliphatic rings. The number of ether oxygens (including phenoxy) is 1. The van der Waals surface area contributed by atoms with Crippen LogP contribution in [-0.4, -0.2) is 17.6 Å². The molecule has 31 heavy (non-hydrogen) atoms. The van der Waals surface area contributed by atoms with Crippen molar-refractivity contribution in [2.24, 2.45) is 0 Å². The molecule has 0 bridgehead atoms. The highest BCUT2D eigenvalue weighted by Crippen LogP contribution is 2.34. The van der Waals surface area contributed by atoms with Crippen molar-refractivity contribution < 1.29 is 14.6 Å². The third kappa shape index (κ3) is 4.97. The topological polar surface area (TPSA) is 58.6 Å². The molecule has 3 aromatic carbocycles. The zero-order valence-corrected chi connectivity index (χ0v) is 18.0. The molecule has 0 saturated carbocycles. The number of aliphatic carboxylic acids is 1. The van der Waals surface area contributed by atoms with Crippen LogP contribution in [0.25, 0.3) is 11.1 Å². The molecule has 0 heterocycles. The molecule has 0 aromatic heterocycles. The van der Waals surface area contributed by atoms with Gasteiger partial charge in [0.15, 0.2) is 0 Å². The number of nitrogens with one attached hydrogen (secondary N) is 1. The molecule has 0 radical (unpaired) electrons. The molecule has 4 rings (SSSR count). The van der Waals surface area contributed by atoms with Crippen LogP contribution in [0, 0.1) is 6.92 Å². The van der Waals surface area contributed by atoms with Crippen molar-refractivity contribution in [1.29, 1.82) is 0 Å². The van der Waals surface area contributed by atoms with Crippen LogP contribution in [0.2, 0.25) is 0 Å². The monoisotopic (exact) mass is 415 g/mol. The number of carboxylic acid groups (broad SMARTS) is 1. The summed E-state index contributed by atoms with van der Waals surface area (Å²) in [5.74, 6) is 0.208. The van der Waals surface area contributed by atoms with Gasteiger partial charge >= 0.3 is 5.97 Å². The van der Waals surface area contributed by atoms with E-state index in [1.54, 1.807) is 0 Å². The molecule has 0 aliphatic heterocycles. The molecule has 2 N–H and O–H groups in total. The number of benzene rings is 3. The summed E-state index contributed by atoms with van der Waals surface area (Å²) in [6.07, 6.45) is 3.38. The molecule has 0 atom stereocenters. The first-order chi connectivity index (χ1) is 15.1. The standard InChI is InChI=1S/C27H29NO3/c1-19-22(9-5-10-23(19)20-7-3-2-4-8-20)18-31-26-14-13-21(17-28-16-15-27(29)30)24-11-6-12-25(24)26/h2-5,7-10,13-14,28H,6,11-12,15-18H2,1H3,(H,29,30). The van der Waals surface area contributed by atoms with Gasteiger partial charge in [0.05, 0.1) is 6.42 Å². The second kappa shape index (κ2) is 9.80. The first-order valence-corrected chi connectivity index (χ1v) is 11.0. The molecule has 0 amide bonds. The van der Waals surface area contributed by atoms with E-state index in [0.717, 1.165) is 25.0 Å². The van der Waals surface area contributed by atoms with E-state index in [2.05, 4.69) is 66.8 Å². The molecule has 4 nitrogen and oxygen atoms in total. The van der Waals surface area contributed by atoms with Crippen LogP contribution >= 0.6 is 0 Å². The predicted molar refractivity (Wildman–Crippen MR) is 123 cm³/mol. The minimum absolute atomic E-state index is 0.144. The van der Waals surface area contributed by atoms with E-state index in [1.807, 2.05) is 6.07 Å². The van der Waals surface area contributed by atoms with Gasteiger partial charge < -0.3 is 15.2 Å². The van der Waals surface area contributed by atoms with Gasteiger partial charge in [0, 0.05) is 13.1 Å². The van der Waals surface area contributed by atoms with Gasteiger partial charge in [0.2, 0.25) is 0 Å². The fraction of sp³-hybridized carbons (Fsp3) is 0.296. The summed E-state index contributed by atoms with van der Waals surface area (Å²) in [5.41, 5.74) is 8.87. The van der Waals surface area contributed by atoms with Gasteiger partial charge in [-0.05, 0) is 71.2 Å². The minimum atomic E-state index is -0.770. The van der Waals surface area contributed by atoms with Crippen LogP contribution in [0.15, 0.2) is 60.7 Å². The van der Waals surface area contributed by atoms with Gasteiger partial charge in [-0.2, -0.15) is 0 Å². The number of fused-ring (bicyclic) bond motifs is 1. The first kappa shape index (κ1) is 21.1. The maximum Gasteiger partial charge on any atom is 0.304 e. The fourth-order valence-electron chi connectivity index (χ4n) is 4.39. The van der Waals surface area contributed by atoms with Crippen LogP contribution < -0.4 is 10.1 Å². The Morgan fingerprint density at radius 3 is 2.58 bits per heavy atom. The molecular formula is C27H29NO3. The molecule has 160 valence electrons. The first-order valence-electron chi connectivity index (χ1n) is 11.0. The van der Waals surface area contributed by atoms with Crippen LogP contribution in [0.1, 0.15) is 40.7 Å². The Kier molecular flexibility index (Phi) is 6.68. The molecule has 0 unspecified atom stereocenters. The number of carbonyl (C=O) groups is 1. The van der Waals surface area contributed by atoms with Crippen molar-refractivity contribution in [2.75, 3.05) is 6.54 Å². The van der Waals surface area contributed by atoms with Crippen molar-refractivity contribution >= 4 is 5.97 Å². The largest absolute Gasteiger partial charge is 0.489 e. The zero-order valence-electron chi connectivity index (χ0n) is 18.0. The van der Waals surface area contributed by atoms with E-state index >= 15 is 0 Å². The average molecular weight is 416 g/mol. The van der Waals surface area contributed by atoms with E-state index in [4.69, 9.17) is 9.84 Å². The van der Waals surface area contributed by atoms with Crippen molar-refractivity contribution in [3.05, 3.63) is 88.5 Å². The van der Waals surface area contributed by atoms with Crippen LogP contribution in [0.4, 0.5) is 0 Å². The molecule has 0 saturated heterocycles. The second-order valence-electron chi connectivity index (χ2n) is 8.10.